The van der Waals surface area contributed by atoms with Gasteiger partial charge in [-0.2, -0.15) is 0 Å². The van der Waals surface area contributed by atoms with E-state index in [4.69, 9.17) is 0 Å². The first-order chi connectivity index (χ1) is 8.11. The number of carbonyl (C=O) groups excluding carboxylic acids is 2. The Bertz CT molecular complexity index is 438. The van der Waals surface area contributed by atoms with Crippen molar-refractivity contribution in [2.45, 2.75) is 12.8 Å². The smallest absolute Gasteiger partial charge is 0.305 e. The van der Waals surface area contributed by atoms with E-state index in [1.807, 2.05) is 12.1 Å². The molecule has 0 N–H and O–H groups in total. The minimum Gasteiger partial charge on any atom is -0.469 e. The van der Waals surface area contributed by atoms with E-state index in [0.717, 1.165) is 10.9 Å². The summed E-state index contributed by atoms with van der Waals surface area (Å²) in [4.78, 5) is 23.1. The summed E-state index contributed by atoms with van der Waals surface area (Å²) in [5, 5.41) is 0. The highest BCUT2D eigenvalue weighted by molar-refractivity contribution is 9.10. The van der Waals surface area contributed by atoms with Crippen LogP contribution in [-0.4, -0.2) is 18.9 Å². The van der Waals surface area contributed by atoms with Gasteiger partial charge >= 0.3 is 5.97 Å². The van der Waals surface area contributed by atoms with Gasteiger partial charge in [0.2, 0.25) is 0 Å². The first kappa shape index (κ1) is 12.3. The Morgan fingerprint density at radius 3 is 2.59 bits per heavy atom. The molecular formula is C13H13BrO3. The van der Waals surface area contributed by atoms with E-state index in [0.29, 0.717) is 12.0 Å². The van der Waals surface area contributed by atoms with Gasteiger partial charge in [-0.15, -0.1) is 0 Å². The molecule has 0 bridgehead atoms. The van der Waals surface area contributed by atoms with Crippen LogP contribution in [0.2, 0.25) is 0 Å². The largest absolute Gasteiger partial charge is 0.469 e. The lowest BCUT2D eigenvalue weighted by molar-refractivity contribution is -0.141. The Morgan fingerprint density at radius 1 is 1.35 bits per heavy atom. The van der Waals surface area contributed by atoms with Gasteiger partial charge in [-0.05, 0) is 24.5 Å². The number of benzene rings is 1. The van der Waals surface area contributed by atoms with E-state index in [1.165, 1.54) is 7.11 Å². The molecule has 0 unspecified atom stereocenters. The van der Waals surface area contributed by atoms with Crippen molar-refractivity contribution in [2.75, 3.05) is 7.11 Å². The van der Waals surface area contributed by atoms with Gasteiger partial charge in [0.15, 0.2) is 5.78 Å². The molecule has 0 aliphatic heterocycles. The molecular weight excluding hydrogens is 284 g/mol. The first-order valence-corrected chi connectivity index (χ1v) is 6.27. The Hall–Kier alpha value is -1.16. The third-order valence-electron chi connectivity index (χ3n) is 3.04. The lowest BCUT2D eigenvalue weighted by Crippen LogP contribution is -2.07. The fourth-order valence-corrected chi connectivity index (χ4v) is 2.18. The molecule has 0 heterocycles. The van der Waals surface area contributed by atoms with E-state index < -0.39 is 0 Å². The molecule has 0 amide bonds. The summed E-state index contributed by atoms with van der Waals surface area (Å²) in [6, 6.07) is 7.32. The standard InChI is InChI=1S/C13H13BrO3/c1-17-12(15)7-9-6-11(9)13(16)8-2-4-10(14)5-3-8/h2-5,9,11H,6-7H2,1H3/t9-,11+/m0/s1. The molecule has 0 radical (unpaired) electrons. The number of methoxy groups -OCH3 is 1. The summed E-state index contributed by atoms with van der Waals surface area (Å²) >= 11 is 3.33. The van der Waals surface area contributed by atoms with Gasteiger partial charge in [0.25, 0.3) is 0 Å². The second-order valence-electron chi connectivity index (χ2n) is 4.25. The number of esters is 1. The van der Waals surface area contributed by atoms with Crippen LogP contribution in [0.25, 0.3) is 0 Å². The van der Waals surface area contributed by atoms with E-state index in [-0.39, 0.29) is 23.6 Å². The van der Waals surface area contributed by atoms with Crippen LogP contribution < -0.4 is 0 Å². The number of hydrogen-bond donors (Lipinski definition) is 0. The zero-order chi connectivity index (χ0) is 12.4. The van der Waals surface area contributed by atoms with Crippen LogP contribution >= 0.6 is 15.9 Å². The van der Waals surface area contributed by atoms with Crippen molar-refractivity contribution in [2.24, 2.45) is 11.8 Å². The van der Waals surface area contributed by atoms with Crippen LogP contribution in [-0.2, 0) is 9.53 Å². The van der Waals surface area contributed by atoms with E-state index in [9.17, 15) is 9.59 Å². The molecule has 2 atom stereocenters. The SMILES string of the molecule is COC(=O)C[C@@H]1C[C@H]1C(=O)c1ccc(Br)cc1. The van der Waals surface area contributed by atoms with E-state index in [2.05, 4.69) is 20.7 Å². The van der Waals surface area contributed by atoms with Crippen molar-refractivity contribution in [3.05, 3.63) is 34.3 Å². The zero-order valence-electron chi connectivity index (χ0n) is 9.48. The average Bonchev–Trinajstić information content (AvgIpc) is 3.08. The third-order valence-corrected chi connectivity index (χ3v) is 3.57. The summed E-state index contributed by atoms with van der Waals surface area (Å²) in [5.74, 6) is 0.0568. The maximum Gasteiger partial charge on any atom is 0.305 e. The molecule has 1 aromatic rings. The van der Waals surface area contributed by atoms with Gasteiger partial charge in [-0.25, -0.2) is 0 Å². The summed E-state index contributed by atoms with van der Waals surface area (Å²) in [7, 11) is 1.37. The highest BCUT2D eigenvalue weighted by atomic mass is 79.9. The Labute approximate surface area is 108 Å². The maximum atomic E-state index is 12.0. The normalized spacial score (nSPS) is 22.0. The van der Waals surface area contributed by atoms with Crippen LogP contribution in [0.15, 0.2) is 28.7 Å². The zero-order valence-corrected chi connectivity index (χ0v) is 11.1. The fraction of sp³-hybridized carbons (Fsp3) is 0.385. The predicted octanol–water partition coefficient (Wildman–Crippen LogP) is 2.83. The van der Waals surface area contributed by atoms with Gasteiger partial charge < -0.3 is 4.74 Å². The molecule has 17 heavy (non-hydrogen) atoms. The van der Waals surface area contributed by atoms with Crippen molar-refractivity contribution in [1.82, 2.24) is 0 Å². The van der Waals surface area contributed by atoms with Crippen LogP contribution in [0.1, 0.15) is 23.2 Å². The highest BCUT2D eigenvalue weighted by Gasteiger charge is 2.44. The molecule has 3 nitrogen and oxygen atoms in total. The molecule has 0 aromatic heterocycles. The lowest BCUT2D eigenvalue weighted by Gasteiger charge is -2.00. The topological polar surface area (TPSA) is 43.4 Å². The molecule has 1 aromatic carbocycles. The van der Waals surface area contributed by atoms with Crippen molar-refractivity contribution >= 4 is 27.7 Å². The Kier molecular flexibility index (Phi) is 3.62. The minimum absolute atomic E-state index is 0.00437. The molecule has 1 saturated carbocycles. The predicted molar refractivity (Wildman–Crippen MR) is 66.7 cm³/mol. The van der Waals surface area contributed by atoms with Crippen molar-refractivity contribution in [1.29, 1.82) is 0 Å². The Balaban J connectivity index is 1.95. The summed E-state index contributed by atoms with van der Waals surface area (Å²) in [5.41, 5.74) is 0.713. The van der Waals surface area contributed by atoms with Crippen LogP contribution in [0.3, 0.4) is 0 Å². The highest BCUT2D eigenvalue weighted by Crippen LogP contribution is 2.43. The lowest BCUT2D eigenvalue weighted by atomic mass is 10.1. The number of hydrogen-bond acceptors (Lipinski definition) is 3. The molecule has 90 valence electrons. The number of halogens is 1. The number of Topliss-reactive ketones (excluding diaryl/α,β-unsaturated/α-hetero) is 1. The van der Waals surface area contributed by atoms with Crippen LogP contribution in [0.4, 0.5) is 0 Å². The van der Waals surface area contributed by atoms with Crippen molar-refractivity contribution in [3.63, 3.8) is 0 Å². The summed E-state index contributed by atoms with van der Waals surface area (Å²) in [6.07, 6.45) is 1.15. The Morgan fingerprint density at radius 2 is 2.00 bits per heavy atom. The second-order valence-corrected chi connectivity index (χ2v) is 5.17. The van der Waals surface area contributed by atoms with Gasteiger partial charge in [0.05, 0.1) is 7.11 Å². The molecule has 0 spiro atoms. The number of ether oxygens (including phenoxy) is 1. The first-order valence-electron chi connectivity index (χ1n) is 5.48. The fourth-order valence-electron chi connectivity index (χ4n) is 1.92. The van der Waals surface area contributed by atoms with Gasteiger partial charge in [0.1, 0.15) is 0 Å². The molecule has 1 aliphatic carbocycles. The number of ketones is 1. The molecule has 4 heteroatoms. The summed E-state index contributed by atoms with van der Waals surface area (Å²) in [6.45, 7) is 0. The van der Waals surface area contributed by atoms with Crippen molar-refractivity contribution in [3.8, 4) is 0 Å². The quantitative estimate of drug-likeness (QED) is 0.634. The monoisotopic (exact) mass is 296 g/mol. The molecule has 0 saturated heterocycles. The number of carbonyl (C=O) groups is 2. The molecule has 2 rings (SSSR count). The van der Waals surface area contributed by atoms with E-state index >= 15 is 0 Å². The van der Waals surface area contributed by atoms with Crippen LogP contribution in [0.5, 0.6) is 0 Å². The minimum atomic E-state index is -0.235. The second kappa shape index (κ2) is 5.00. The van der Waals surface area contributed by atoms with Gasteiger partial charge in [-0.3, -0.25) is 9.59 Å². The van der Waals surface area contributed by atoms with E-state index in [1.54, 1.807) is 12.1 Å². The van der Waals surface area contributed by atoms with Gasteiger partial charge in [0, 0.05) is 22.4 Å². The summed E-state index contributed by atoms with van der Waals surface area (Å²) < 4.78 is 5.55. The van der Waals surface area contributed by atoms with Crippen LogP contribution in [0, 0.1) is 11.8 Å². The van der Waals surface area contributed by atoms with Gasteiger partial charge in [-0.1, -0.05) is 28.1 Å². The molecule has 1 fully saturated rings. The molecule has 1 aliphatic rings. The maximum absolute atomic E-state index is 12.0. The van der Waals surface area contributed by atoms with Crippen molar-refractivity contribution < 1.29 is 14.3 Å². The average molecular weight is 297 g/mol. The third kappa shape index (κ3) is 2.94. The number of rotatable bonds is 4.